The van der Waals surface area contributed by atoms with Gasteiger partial charge in [0.15, 0.2) is 0 Å². The van der Waals surface area contributed by atoms with Crippen molar-refractivity contribution >= 4 is 11.9 Å². The summed E-state index contributed by atoms with van der Waals surface area (Å²) in [5, 5.41) is 17.2. The summed E-state index contributed by atoms with van der Waals surface area (Å²) in [6.07, 6.45) is -1.06. The van der Waals surface area contributed by atoms with Gasteiger partial charge >= 0.3 is 11.9 Å². The predicted molar refractivity (Wildman–Crippen MR) is 62.4 cm³/mol. The lowest BCUT2D eigenvalue weighted by Crippen LogP contribution is -2.12. The highest BCUT2D eigenvalue weighted by Crippen LogP contribution is 2.21. The minimum Gasteiger partial charge on any atom is -0.481 e. The molecule has 1 N–H and O–H groups in total. The molecule has 0 radical (unpaired) electrons. The van der Waals surface area contributed by atoms with Crippen LogP contribution in [0.2, 0.25) is 0 Å². The van der Waals surface area contributed by atoms with Crippen molar-refractivity contribution in [1.29, 1.82) is 5.26 Å². The Bertz CT molecular complexity index is 450. The van der Waals surface area contributed by atoms with Gasteiger partial charge in [-0.2, -0.15) is 5.26 Å². The number of rotatable bonds is 6. The fourth-order valence-corrected chi connectivity index (χ4v) is 1.40. The van der Waals surface area contributed by atoms with Crippen LogP contribution in [-0.4, -0.2) is 17.0 Å². The summed E-state index contributed by atoms with van der Waals surface area (Å²) >= 11 is 0. The van der Waals surface area contributed by atoms with Crippen LogP contribution >= 0.6 is 0 Å². The first kappa shape index (κ1) is 13.7. The first-order chi connectivity index (χ1) is 8.63. The first-order valence-corrected chi connectivity index (χ1v) is 5.46. The van der Waals surface area contributed by atoms with Gasteiger partial charge in [-0.3, -0.25) is 9.59 Å². The predicted octanol–water partition coefficient (Wildman–Crippen LogP) is 2.05. The maximum Gasteiger partial charge on any atom is 0.307 e. The molecule has 0 aliphatic rings. The fraction of sp³-hybridized carbons (Fsp3) is 0.308. The molecule has 1 aromatic carbocycles. The molecule has 0 aromatic heterocycles. The molecule has 18 heavy (non-hydrogen) atoms. The van der Waals surface area contributed by atoms with E-state index in [1.165, 1.54) is 0 Å². The van der Waals surface area contributed by atoms with E-state index in [-0.39, 0.29) is 19.3 Å². The second kappa shape index (κ2) is 7.07. The first-order valence-electron chi connectivity index (χ1n) is 5.46. The highest BCUT2D eigenvalue weighted by molar-refractivity contribution is 5.76. The zero-order valence-electron chi connectivity index (χ0n) is 9.70. The average molecular weight is 247 g/mol. The Morgan fingerprint density at radius 3 is 2.50 bits per heavy atom. The molecule has 0 bridgehead atoms. The second-order valence-electron chi connectivity index (χ2n) is 3.65. The molecule has 0 spiro atoms. The molecular formula is C13H13NO4. The highest BCUT2D eigenvalue weighted by atomic mass is 16.5. The van der Waals surface area contributed by atoms with E-state index in [1.807, 2.05) is 12.1 Å². The molecule has 0 unspecified atom stereocenters. The SMILES string of the molecule is N#CC[C@@H](OC(=O)CCC(=O)O)c1ccccc1. The number of ether oxygens (including phenoxy) is 1. The number of aliphatic carboxylic acids is 1. The quantitative estimate of drug-likeness (QED) is 0.777. The molecule has 1 atom stereocenters. The summed E-state index contributed by atoms with van der Waals surface area (Å²) in [7, 11) is 0. The zero-order valence-corrected chi connectivity index (χ0v) is 9.70. The number of hydrogen-bond donors (Lipinski definition) is 1. The van der Waals surface area contributed by atoms with Crippen LogP contribution in [0.15, 0.2) is 30.3 Å². The minimum atomic E-state index is -1.05. The Morgan fingerprint density at radius 2 is 1.94 bits per heavy atom. The van der Waals surface area contributed by atoms with Gasteiger partial charge in [-0.05, 0) is 5.56 Å². The third-order valence-corrected chi connectivity index (χ3v) is 2.26. The summed E-state index contributed by atoms with van der Waals surface area (Å²) in [5.41, 5.74) is 0.725. The van der Waals surface area contributed by atoms with Gasteiger partial charge in [-0.1, -0.05) is 30.3 Å². The van der Waals surface area contributed by atoms with Crippen molar-refractivity contribution in [2.45, 2.75) is 25.4 Å². The summed E-state index contributed by atoms with van der Waals surface area (Å²) in [6.45, 7) is 0. The van der Waals surface area contributed by atoms with Crippen molar-refractivity contribution in [1.82, 2.24) is 0 Å². The van der Waals surface area contributed by atoms with E-state index in [4.69, 9.17) is 15.1 Å². The number of carbonyl (C=O) groups excluding carboxylic acids is 1. The molecule has 5 nitrogen and oxygen atoms in total. The van der Waals surface area contributed by atoms with Gasteiger partial charge in [0, 0.05) is 0 Å². The number of nitriles is 1. The van der Waals surface area contributed by atoms with Gasteiger partial charge in [0.1, 0.15) is 6.10 Å². The number of hydrogen-bond acceptors (Lipinski definition) is 4. The summed E-state index contributed by atoms with van der Waals surface area (Å²) in [5.74, 6) is -1.66. The molecule has 0 saturated heterocycles. The molecule has 0 amide bonds. The second-order valence-corrected chi connectivity index (χ2v) is 3.65. The Morgan fingerprint density at radius 1 is 1.28 bits per heavy atom. The van der Waals surface area contributed by atoms with E-state index in [9.17, 15) is 9.59 Å². The maximum atomic E-state index is 11.4. The van der Waals surface area contributed by atoms with Crippen molar-refractivity contribution in [2.75, 3.05) is 0 Å². The van der Waals surface area contributed by atoms with Crippen LogP contribution in [0.5, 0.6) is 0 Å². The molecule has 0 aliphatic carbocycles. The zero-order chi connectivity index (χ0) is 13.4. The molecular weight excluding hydrogens is 234 g/mol. The van der Waals surface area contributed by atoms with Gasteiger partial charge in [-0.15, -0.1) is 0 Å². The van der Waals surface area contributed by atoms with Gasteiger partial charge in [0.25, 0.3) is 0 Å². The topological polar surface area (TPSA) is 87.4 Å². The van der Waals surface area contributed by atoms with E-state index in [2.05, 4.69) is 0 Å². The van der Waals surface area contributed by atoms with Crippen molar-refractivity contribution in [3.05, 3.63) is 35.9 Å². The van der Waals surface area contributed by atoms with Gasteiger partial charge in [0.05, 0.1) is 25.3 Å². The molecule has 0 heterocycles. The van der Waals surface area contributed by atoms with Crippen LogP contribution in [0.4, 0.5) is 0 Å². The average Bonchev–Trinajstić information content (AvgIpc) is 2.37. The van der Waals surface area contributed by atoms with Crippen LogP contribution in [0.3, 0.4) is 0 Å². The maximum absolute atomic E-state index is 11.4. The standard InChI is InChI=1S/C13H13NO4/c14-9-8-11(10-4-2-1-3-5-10)18-13(17)7-6-12(15)16/h1-5,11H,6-8H2,(H,15,16)/t11-/m1/s1. The Balaban J connectivity index is 2.61. The summed E-state index contributed by atoms with van der Waals surface area (Å²) in [4.78, 5) is 21.7. The van der Waals surface area contributed by atoms with E-state index >= 15 is 0 Å². The molecule has 1 rings (SSSR count). The van der Waals surface area contributed by atoms with Gasteiger partial charge < -0.3 is 9.84 Å². The van der Waals surface area contributed by atoms with Crippen molar-refractivity contribution in [3.63, 3.8) is 0 Å². The summed E-state index contributed by atoms with van der Waals surface area (Å²) in [6, 6.07) is 10.8. The Hall–Kier alpha value is -2.35. The number of esters is 1. The van der Waals surface area contributed by atoms with E-state index in [0.29, 0.717) is 0 Å². The van der Waals surface area contributed by atoms with E-state index < -0.39 is 18.0 Å². The van der Waals surface area contributed by atoms with Crippen LogP contribution in [0.1, 0.15) is 30.9 Å². The van der Waals surface area contributed by atoms with Crippen molar-refractivity contribution < 1.29 is 19.4 Å². The third-order valence-electron chi connectivity index (χ3n) is 2.26. The molecule has 0 aliphatic heterocycles. The number of carboxylic acids is 1. The molecule has 0 saturated carbocycles. The number of benzene rings is 1. The Labute approximate surface area is 105 Å². The largest absolute Gasteiger partial charge is 0.481 e. The lowest BCUT2D eigenvalue weighted by Gasteiger charge is -2.15. The summed E-state index contributed by atoms with van der Waals surface area (Å²) < 4.78 is 5.10. The molecule has 0 fully saturated rings. The van der Waals surface area contributed by atoms with Crippen LogP contribution in [0, 0.1) is 11.3 Å². The monoisotopic (exact) mass is 247 g/mol. The van der Waals surface area contributed by atoms with Gasteiger partial charge in [-0.25, -0.2) is 0 Å². The molecule has 94 valence electrons. The van der Waals surface area contributed by atoms with Gasteiger partial charge in [0.2, 0.25) is 0 Å². The van der Waals surface area contributed by atoms with E-state index in [0.717, 1.165) is 5.56 Å². The van der Waals surface area contributed by atoms with Crippen LogP contribution < -0.4 is 0 Å². The number of carbonyl (C=O) groups is 2. The number of carboxylic acid groups (broad SMARTS) is 1. The van der Waals surface area contributed by atoms with Crippen LogP contribution in [0.25, 0.3) is 0 Å². The Kier molecular flexibility index (Phi) is 5.39. The highest BCUT2D eigenvalue weighted by Gasteiger charge is 2.16. The minimum absolute atomic E-state index is 0.0445. The van der Waals surface area contributed by atoms with E-state index in [1.54, 1.807) is 24.3 Å². The number of nitrogens with zero attached hydrogens (tertiary/aromatic N) is 1. The lowest BCUT2D eigenvalue weighted by atomic mass is 10.1. The third kappa shape index (κ3) is 4.66. The molecule has 5 heteroatoms. The normalized spacial score (nSPS) is 11.3. The fourth-order valence-electron chi connectivity index (χ4n) is 1.40. The van der Waals surface area contributed by atoms with Crippen molar-refractivity contribution in [3.8, 4) is 6.07 Å². The smallest absolute Gasteiger partial charge is 0.307 e. The van der Waals surface area contributed by atoms with Crippen LogP contribution in [-0.2, 0) is 14.3 Å². The lowest BCUT2D eigenvalue weighted by molar-refractivity contribution is -0.152. The molecule has 1 aromatic rings. The van der Waals surface area contributed by atoms with Crippen molar-refractivity contribution in [2.24, 2.45) is 0 Å².